The van der Waals surface area contributed by atoms with Crippen molar-refractivity contribution in [3.8, 4) is 0 Å². The predicted octanol–water partition coefficient (Wildman–Crippen LogP) is 0.712. The van der Waals surface area contributed by atoms with Gasteiger partial charge in [-0.05, 0) is 32.0 Å². The maximum atomic E-state index is 12.7. The molecule has 3 rings (SSSR count). The molecule has 3 aromatic rings. The minimum atomic E-state index is -0.483. The summed E-state index contributed by atoms with van der Waals surface area (Å²) in [5.41, 5.74) is 0.816. The number of nitrogens with zero attached hydrogens (tertiary/aromatic N) is 4. The number of amides is 1. The number of nitrogens with one attached hydrogen (secondary N) is 1. The van der Waals surface area contributed by atoms with Gasteiger partial charge in [0.1, 0.15) is 11.2 Å². The second-order valence-electron chi connectivity index (χ2n) is 5.82. The van der Waals surface area contributed by atoms with Crippen LogP contribution in [0.2, 0.25) is 0 Å². The number of hydrogen-bond donors (Lipinski definition) is 1. The van der Waals surface area contributed by atoms with Crippen LogP contribution in [-0.4, -0.2) is 31.8 Å². The largest absolute Gasteiger partial charge is 0.350 e. The topological polar surface area (TPSA) is 98.9 Å². The van der Waals surface area contributed by atoms with E-state index < -0.39 is 5.91 Å². The fraction of sp³-hybridized carbons (Fsp3) is 0.278. The summed E-state index contributed by atoms with van der Waals surface area (Å²) in [6.07, 6.45) is 3.03. The number of pyridine rings is 2. The molecule has 0 atom stereocenters. The van der Waals surface area contributed by atoms with E-state index in [2.05, 4.69) is 15.4 Å². The van der Waals surface area contributed by atoms with Gasteiger partial charge in [-0.1, -0.05) is 0 Å². The van der Waals surface area contributed by atoms with Gasteiger partial charge in [0, 0.05) is 37.2 Å². The number of aryl methyl sites for hydroxylation is 2. The highest BCUT2D eigenvalue weighted by molar-refractivity contribution is 5.96. The molecule has 0 saturated carbocycles. The molecule has 8 heteroatoms. The summed E-state index contributed by atoms with van der Waals surface area (Å²) < 4.78 is 3.03. The molecular weight excluding hydrogens is 334 g/mol. The monoisotopic (exact) mass is 353 g/mol. The zero-order valence-electron chi connectivity index (χ0n) is 14.6. The lowest BCUT2D eigenvalue weighted by Gasteiger charge is -2.11. The van der Waals surface area contributed by atoms with Gasteiger partial charge in [0.15, 0.2) is 0 Å². The fourth-order valence-electron chi connectivity index (χ4n) is 2.69. The molecule has 8 nitrogen and oxygen atoms in total. The molecule has 0 aliphatic carbocycles. The molecule has 134 valence electrons. The van der Waals surface area contributed by atoms with Crippen LogP contribution in [0.25, 0.3) is 11.0 Å². The van der Waals surface area contributed by atoms with E-state index in [1.165, 1.54) is 23.1 Å². The summed E-state index contributed by atoms with van der Waals surface area (Å²) in [6.45, 7) is 4.76. The Bertz CT molecular complexity index is 1080. The first-order valence-corrected chi connectivity index (χ1v) is 8.32. The van der Waals surface area contributed by atoms with Crippen LogP contribution >= 0.6 is 0 Å². The van der Waals surface area contributed by atoms with E-state index in [1.807, 2.05) is 13.8 Å². The Hall–Kier alpha value is -3.29. The third-order valence-corrected chi connectivity index (χ3v) is 4.04. The molecule has 0 saturated heterocycles. The second-order valence-corrected chi connectivity index (χ2v) is 5.82. The highest BCUT2D eigenvalue weighted by Gasteiger charge is 2.15. The summed E-state index contributed by atoms with van der Waals surface area (Å²) in [4.78, 5) is 41.1. The highest BCUT2D eigenvalue weighted by atomic mass is 16.2. The Morgan fingerprint density at radius 3 is 2.77 bits per heavy atom. The van der Waals surface area contributed by atoms with E-state index in [4.69, 9.17) is 0 Å². The van der Waals surface area contributed by atoms with Gasteiger partial charge in [-0.15, -0.1) is 0 Å². The quantitative estimate of drug-likeness (QED) is 0.728. The lowest BCUT2D eigenvalue weighted by Crippen LogP contribution is -2.34. The van der Waals surface area contributed by atoms with Gasteiger partial charge < -0.3 is 9.88 Å². The van der Waals surface area contributed by atoms with Crippen molar-refractivity contribution >= 4 is 16.9 Å². The van der Waals surface area contributed by atoms with Gasteiger partial charge in [0.05, 0.1) is 11.9 Å². The van der Waals surface area contributed by atoms with Crippen LogP contribution in [0.4, 0.5) is 0 Å². The maximum Gasteiger partial charge on any atom is 0.266 e. The molecule has 0 unspecified atom stereocenters. The third-order valence-electron chi connectivity index (χ3n) is 4.04. The van der Waals surface area contributed by atoms with Crippen LogP contribution < -0.4 is 16.3 Å². The predicted molar refractivity (Wildman–Crippen MR) is 97.2 cm³/mol. The van der Waals surface area contributed by atoms with Gasteiger partial charge in [-0.2, -0.15) is 5.10 Å². The van der Waals surface area contributed by atoms with E-state index in [-0.39, 0.29) is 29.6 Å². The molecule has 0 radical (unpaired) electrons. The van der Waals surface area contributed by atoms with Gasteiger partial charge in [0.25, 0.3) is 11.5 Å². The first-order valence-electron chi connectivity index (χ1n) is 8.32. The molecule has 0 aliphatic heterocycles. The van der Waals surface area contributed by atoms with Gasteiger partial charge in [0.2, 0.25) is 5.43 Å². The van der Waals surface area contributed by atoms with Crippen molar-refractivity contribution in [2.45, 2.75) is 26.9 Å². The summed E-state index contributed by atoms with van der Waals surface area (Å²) in [5.74, 6) is -0.483. The Kier molecular flexibility index (Phi) is 4.92. The fourth-order valence-corrected chi connectivity index (χ4v) is 2.69. The number of fused-ring (bicyclic) bond motifs is 1. The van der Waals surface area contributed by atoms with Crippen LogP contribution in [0.5, 0.6) is 0 Å². The molecule has 0 spiro atoms. The van der Waals surface area contributed by atoms with E-state index in [1.54, 1.807) is 22.8 Å². The number of carbonyl (C=O) groups excluding carboxylic acids is 1. The van der Waals surface area contributed by atoms with Crippen molar-refractivity contribution in [1.29, 1.82) is 0 Å². The van der Waals surface area contributed by atoms with Crippen molar-refractivity contribution in [2.24, 2.45) is 0 Å². The Labute approximate surface area is 149 Å². The third kappa shape index (κ3) is 3.39. The number of hydrogen-bond acceptors (Lipinski definition) is 5. The number of aromatic nitrogens is 4. The van der Waals surface area contributed by atoms with Gasteiger partial charge in [-0.3, -0.25) is 14.4 Å². The van der Waals surface area contributed by atoms with Crippen LogP contribution in [0.1, 0.15) is 23.0 Å². The van der Waals surface area contributed by atoms with Gasteiger partial charge >= 0.3 is 0 Å². The average molecular weight is 353 g/mol. The second kappa shape index (κ2) is 7.30. The number of carbonyl (C=O) groups is 1. The summed E-state index contributed by atoms with van der Waals surface area (Å²) in [5, 5.41) is 7.00. The Balaban J connectivity index is 1.85. The van der Waals surface area contributed by atoms with Crippen molar-refractivity contribution in [3.63, 3.8) is 0 Å². The number of rotatable bonds is 5. The van der Waals surface area contributed by atoms with Crippen LogP contribution in [0.3, 0.4) is 0 Å². The SMILES string of the molecule is CCn1cc(C(=O)NCCn2ncccc2=O)c(=O)c2ccc(C)nc21. The smallest absolute Gasteiger partial charge is 0.266 e. The molecule has 3 heterocycles. The molecular formula is C18H19N5O3. The standard InChI is InChI=1S/C18H19N5O3/c1-3-22-11-14(16(25)13-7-6-12(2)21-17(13)22)18(26)19-9-10-23-15(24)5-4-8-20-23/h4-8,11H,3,9-10H2,1-2H3,(H,19,26). The van der Waals surface area contributed by atoms with E-state index in [0.717, 1.165) is 5.69 Å². The molecule has 0 aromatic carbocycles. The van der Waals surface area contributed by atoms with Crippen molar-refractivity contribution in [3.05, 3.63) is 68.5 Å². The molecule has 1 N–H and O–H groups in total. The molecule has 26 heavy (non-hydrogen) atoms. The van der Waals surface area contributed by atoms with E-state index in [9.17, 15) is 14.4 Å². The van der Waals surface area contributed by atoms with Gasteiger partial charge in [-0.25, -0.2) is 9.67 Å². The van der Waals surface area contributed by atoms with Crippen molar-refractivity contribution in [2.75, 3.05) is 6.54 Å². The zero-order chi connectivity index (χ0) is 18.7. The minimum absolute atomic E-state index is 0.0540. The maximum absolute atomic E-state index is 12.7. The zero-order valence-corrected chi connectivity index (χ0v) is 14.6. The lowest BCUT2D eigenvalue weighted by molar-refractivity contribution is 0.0950. The minimum Gasteiger partial charge on any atom is -0.350 e. The van der Waals surface area contributed by atoms with E-state index >= 15 is 0 Å². The first-order chi connectivity index (χ1) is 12.5. The summed E-state index contributed by atoms with van der Waals surface area (Å²) >= 11 is 0. The molecule has 0 aliphatic rings. The van der Waals surface area contributed by atoms with Crippen LogP contribution in [0, 0.1) is 6.92 Å². The van der Waals surface area contributed by atoms with Crippen LogP contribution in [0.15, 0.2) is 46.2 Å². The first kappa shape index (κ1) is 17.5. The van der Waals surface area contributed by atoms with Crippen molar-refractivity contribution in [1.82, 2.24) is 24.6 Å². The Morgan fingerprint density at radius 2 is 2.04 bits per heavy atom. The Morgan fingerprint density at radius 1 is 1.23 bits per heavy atom. The molecule has 1 amide bonds. The highest BCUT2D eigenvalue weighted by Crippen LogP contribution is 2.10. The normalized spacial score (nSPS) is 10.8. The van der Waals surface area contributed by atoms with Crippen molar-refractivity contribution < 1.29 is 4.79 Å². The average Bonchev–Trinajstić information content (AvgIpc) is 2.63. The molecule has 0 fully saturated rings. The molecule has 0 bridgehead atoms. The molecule has 3 aromatic heterocycles. The summed E-state index contributed by atoms with van der Waals surface area (Å²) in [7, 11) is 0. The van der Waals surface area contributed by atoms with E-state index in [0.29, 0.717) is 17.6 Å². The van der Waals surface area contributed by atoms with Crippen LogP contribution in [-0.2, 0) is 13.1 Å². The lowest BCUT2D eigenvalue weighted by atomic mass is 10.1. The summed E-state index contributed by atoms with van der Waals surface area (Å²) in [6, 6.07) is 6.39.